The molecule has 19 heavy (non-hydrogen) atoms. The van der Waals surface area contributed by atoms with Gasteiger partial charge in [-0.25, -0.2) is 4.79 Å². The Morgan fingerprint density at radius 3 is 2.58 bits per heavy atom. The lowest BCUT2D eigenvalue weighted by atomic mass is 10.2. The molecular weight excluding hydrogens is 250 g/mol. The van der Waals surface area contributed by atoms with Gasteiger partial charge >= 0.3 is 5.97 Å². The van der Waals surface area contributed by atoms with E-state index >= 15 is 0 Å². The third-order valence-corrected chi connectivity index (χ3v) is 2.95. The molecule has 0 saturated carbocycles. The number of nitrogens with zero attached hydrogens (tertiary/aromatic N) is 1. The molecule has 1 aliphatic heterocycles. The maximum absolute atomic E-state index is 11.8. The number of furan rings is 1. The van der Waals surface area contributed by atoms with Crippen LogP contribution in [0.3, 0.4) is 0 Å². The van der Waals surface area contributed by atoms with Crippen LogP contribution in [-0.2, 0) is 14.3 Å². The van der Waals surface area contributed by atoms with Crippen LogP contribution in [0.15, 0.2) is 10.5 Å². The predicted octanol–water partition coefficient (Wildman–Crippen LogP) is 0.912. The van der Waals surface area contributed by atoms with Crippen LogP contribution >= 0.6 is 0 Å². The van der Waals surface area contributed by atoms with E-state index in [1.54, 1.807) is 24.8 Å². The molecule has 0 radical (unpaired) electrons. The lowest BCUT2D eigenvalue weighted by molar-refractivity contribution is -0.138. The molecule has 6 nitrogen and oxygen atoms in total. The molecule has 0 spiro atoms. The van der Waals surface area contributed by atoms with Crippen LogP contribution in [0.5, 0.6) is 0 Å². The Hall–Kier alpha value is -1.82. The Morgan fingerprint density at radius 2 is 2.00 bits per heavy atom. The minimum Gasteiger partial charge on any atom is -0.466 e. The number of esters is 1. The van der Waals surface area contributed by atoms with Gasteiger partial charge in [0.05, 0.1) is 13.2 Å². The lowest BCUT2D eigenvalue weighted by Crippen LogP contribution is -2.42. The predicted molar refractivity (Wildman–Crippen MR) is 65.9 cm³/mol. The number of aryl methyl sites for hydroxylation is 2. The van der Waals surface area contributed by atoms with Crippen molar-refractivity contribution in [3.05, 3.63) is 23.2 Å². The largest absolute Gasteiger partial charge is 0.466 e. The number of carbonyl (C=O) groups excluding carboxylic acids is 2. The van der Waals surface area contributed by atoms with Gasteiger partial charge < -0.3 is 18.8 Å². The molecule has 2 rings (SSSR count). The average Bonchev–Trinajstić information content (AvgIpc) is 2.75. The molecule has 1 aromatic rings. The standard InChI is InChI=1S/C13H17NO5/c1-9-7-11(10(2)19-9)13(16)18-8-12(15)14-3-5-17-6-4-14/h7H,3-6,8H2,1-2H3. The number of carbonyl (C=O) groups is 2. The molecule has 1 aliphatic rings. The van der Waals surface area contributed by atoms with Crippen LogP contribution in [0.4, 0.5) is 0 Å². The van der Waals surface area contributed by atoms with Gasteiger partial charge in [-0.2, -0.15) is 0 Å². The Bertz CT molecular complexity index is 473. The molecule has 104 valence electrons. The molecule has 2 heterocycles. The zero-order valence-corrected chi connectivity index (χ0v) is 11.1. The van der Waals surface area contributed by atoms with Crippen LogP contribution in [0, 0.1) is 13.8 Å². The van der Waals surface area contributed by atoms with E-state index in [1.807, 2.05) is 0 Å². The minimum atomic E-state index is -0.532. The molecule has 1 amide bonds. The van der Waals surface area contributed by atoms with Gasteiger partial charge in [0.2, 0.25) is 0 Å². The van der Waals surface area contributed by atoms with Gasteiger partial charge in [0.1, 0.15) is 17.1 Å². The van der Waals surface area contributed by atoms with Crippen molar-refractivity contribution in [3.63, 3.8) is 0 Å². The Morgan fingerprint density at radius 1 is 1.32 bits per heavy atom. The van der Waals surface area contributed by atoms with Gasteiger partial charge in [-0.05, 0) is 19.9 Å². The summed E-state index contributed by atoms with van der Waals surface area (Å²) in [4.78, 5) is 25.2. The summed E-state index contributed by atoms with van der Waals surface area (Å²) in [5, 5.41) is 0. The van der Waals surface area contributed by atoms with E-state index in [1.165, 1.54) is 0 Å². The molecule has 0 aliphatic carbocycles. The zero-order valence-electron chi connectivity index (χ0n) is 11.1. The third kappa shape index (κ3) is 3.35. The summed E-state index contributed by atoms with van der Waals surface area (Å²) in [7, 11) is 0. The first-order chi connectivity index (χ1) is 9.08. The third-order valence-electron chi connectivity index (χ3n) is 2.95. The molecule has 0 atom stereocenters. The van der Waals surface area contributed by atoms with E-state index in [2.05, 4.69) is 0 Å². The second-order valence-electron chi connectivity index (χ2n) is 4.40. The second-order valence-corrected chi connectivity index (χ2v) is 4.40. The molecular formula is C13H17NO5. The van der Waals surface area contributed by atoms with Crippen LogP contribution in [-0.4, -0.2) is 49.7 Å². The Balaban J connectivity index is 1.86. The highest BCUT2D eigenvalue weighted by Crippen LogP contribution is 2.14. The molecule has 1 saturated heterocycles. The summed E-state index contributed by atoms with van der Waals surface area (Å²) >= 11 is 0. The second kappa shape index (κ2) is 5.88. The van der Waals surface area contributed by atoms with E-state index in [-0.39, 0.29) is 12.5 Å². The van der Waals surface area contributed by atoms with Crippen molar-refractivity contribution in [3.8, 4) is 0 Å². The van der Waals surface area contributed by atoms with Crippen molar-refractivity contribution in [2.75, 3.05) is 32.9 Å². The first-order valence-electron chi connectivity index (χ1n) is 6.17. The molecule has 0 N–H and O–H groups in total. The van der Waals surface area contributed by atoms with Crippen molar-refractivity contribution in [2.45, 2.75) is 13.8 Å². The maximum atomic E-state index is 11.8. The van der Waals surface area contributed by atoms with E-state index in [4.69, 9.17) is 13.9 Å². The maximum Gasteiger partial charge on any atom is 0.342 e. The van der Waals surface area contributed by atoms with Crippen LogP contribution in [0.2, 0.25) is 0 Å². The Kier molecular flexibility index (Phi) is 4.21. The average molecular weight is 267 g/mol. The van der Waals surface area contributed by atoms with Gasteiger partial charge in [0.25, 0.3) is 5.91 Å². The summed E-state index contributed by atoms with van der Waals surface area (Å²) in [6.45, 7) is 5.33. The van der Waals surface area contributed by atoms with Gasteiger partial charge in [-0.3, -0.25) is 4.79 Å². The van der Waals surface area contributed by atoms with Crippen LogP contribution in [0.1, 0.15) is 21.9 Å². The summed E-state index contributed by atoms with van der Waals surface area (Å²) in [5.74, 6) is 0.413. The number of ether oxygens (including phenoxy) is 2. The molecule has 0 unspecified atom stereocenters. The highest BCUT2D eigenvalue weighted by atomic mass is 16.5. The number of rotatable bonds is 3. The first kappa shape index (κ1) is 13.6. The molecule has 0 aromatic carbocycles. The van der Waals surface area contributed by atoms with Crippen molar-refractivity contribution < 1.29 is 23.5 Å². The fourth-order valence-corrected chi connectivity index (χ4v) is 1.94. The first-order valence-corrected chi connectivity index (χ1v) is 6.17. The highest BCUT2D eigenvalue weighted by Gasteiger charge is 2.20. The van der Waals surface area contributed by atoms with Crippen molar-refractivity contribution in [1.82, 2.24) is 4.90 Å². The Labute approximate surface area is 111 Å². The number of hydrogen-bond acceptors (Lipinski definition) is 5. The van der Waals surface area contributed by atoms with E-state index in [0.29, 0.717) is 43.4 Å². The fraction of sp³-hybridized carbons (Fsp3) is 0.538. The monoisotopic (exact) mass is 267 g/mol. The van der Waals surface area contributed by atoms with Crippen molar-refractivity contribution in [1.29, 1.82) is 0 Å². The number of morpholine rings is 1. The lowest BCUT2D eigenvalue weighted by Gasteiger charge is -2.26. The van der Waals surface area contributed by atoms with E-state index in [0.717, 1.165) is 0 Å². The van der Waals surface area contributed by atoms with E-state index < -0.39 is 5.97 Å². The van der Waals surface area contributed by atoms with Gasteiger partial charge in [-0.15, -0.1) is 0 Å². The van der Waals surface area contributed by atoms with Crippen molar-refractivity contribution in [2.24, 2.45) is 0 Å². The smallest absolute Gasteiger partial charge is 0.342 e. The topological polar surface area (TPSA) is 69.0 Å². The fourth-order valence-electron chi connectivity index (χ4n) is 1.94. The summed E-state index contributed by atoms with van der Waals surface area (Å²) < 4.78 is 15.4. The summed E-state index contributed by atoms with van der Waals surface area (Å²) in [6.07, 6.45) is 0. The van der Waals surface area contributed by atoms with E-state index in [9.17, 15) is 9.59 Å². The molecule has 1 aromatic heterocycles. The summed E-state index contributed by atoms with van der Waals surface area (Å²) in [5.41, 5.74) is 0.368. The molecule has 6 heteroatoms. The number of hydrogen-bond donors (Lipinski definition) is 0. The van der Waals surface area contributed by atoms with Gasteiger partial charge in [0.15, 0.2) is 6.61 Å². The minimum absolute atomic E-state index is 0.200. The van der Waals surface area contributed by atoms with Crippen LogP contribution in [0.25, 0.3) is 0 Å². The molecule has 1 fully saturated rings. The van der Waals surface area contributed by atoms with Crippen molar-refractivity contribution >= 4 is 11.9 Å². The van der Waals surface area contributed by atoms with Gasteiger partial charge in [0, 0.05) is 13.1 Å². The van der Waals surface area contributed by atoms with Gasteiger partial charge in [-0.1, -0.05) is 0 Å². The highest BCUT2D eigenvalue weighted by molar-refractivity contribution is 5.92. The normalized spacial score (nSPS) is 15.4. The SMILES string of the molecule is Cc1cc(C(=O)OCC(=O)N2CCOCC2)c(C)o1. The summed E-state index contributed by atoms with van der Waals surface area (Å²) in [6, 6.07) is 1.61. The zero-order chi connectivity index (χ0) is 13.8. The quantitative estimate of drug-likeness (QED) is 0.761. The molecule has 0 bridgehead atoms. The van der Waals surface area contributed by atoms with Crippen LogP contribution < -0.4 is 0 Å². The number of amides is 1.